The number of benzene rings is 6. The van der Waals surface area contributed by atoms with Gasteiger partial charge in [-0.05, 0) is 104 Å². The number of para-hydroxylation sites is 3. The quantitative estimate of drug-likeness (QED) is 0.168. The Balaban J connectivity index is 1.23. The molecular weight excluding hydrogens is 659 g/mol. The third-order valence-electron chi connectivity index (χ3n) is 11.1. The summed E-state index contributed by atoms with van der Waals surface area (Å²) in [5.74, 6) is 1.14. The van der Waals surface area contributed by atoms with Crippen LogP contribution in [-0.4, -0.2) is 18.7 Å². The van der Waals surface area contributed by atoms with Gasteiger partial charge < -0.3 is 0 Å². The molecule has 0 fully saturated rings. The summed E-state index contributed by atoms with van der Waals surface area (Å²) in [6.07, 6.45) is 0. The van der Waals surface area contributed by atoms with E-state index in [1.54, 1.807) is 0 Å². The van der Waals surface area contributed by atoms with E-state index in [9.17, 15) is 0 Å². The maximum atomic E-state index is 5.62. The van der Waals surface area contributed by atoms with Gasteiger partial charge >= 0.3 is 0 Å². The highest BCUT2D eigenvalue weighted by Crippen LogP contribution is 2.39. The van der Waals surface area contributed by atoms with Crippen molar-refractivity contribution < 1.29 is 4.57 Å². The fraction of sp³-hybridized carbons (Fsp3) is 0.143. The average Bonchev–Trinajstić information content (AvgIpc) is 3.77. The van der Waals surface area contributed by atoms with Crippen molar-refractivity contribution >= 4 is 54.9 Å². The molecular formula is C49H42N5+. The van der Waals surface area contributed by atoms with E-state index in [4.69, 9.17) is 4.98 Å². The van der Waals surface area contributed by atoms with Crippen LogP contribution in [0.15, 0.2) is 146 Å². The van der Waals surface area contributed by atoms with Gasteiger partial charge in [-0.3, -0.25) is 9.13 Å². The van der Waals surface area contributed by atoms with E-state index in [2.05, 4.69) is 205 Å². The predicted molar refractivity (Wildman–Crippen MR) is 224 cm³/mol. The highest BCUT2D eigenvalue weighted by molar-refractivity contribution is 6.17. The van der Waals surface area contributed by atoms with Crippen molar-refractivity contribution in [1.29, 1.82) is 0 Å². The molecule has 0 bridgehead atoms. The molecule has 4 aromatic heterocycles. The molecule has 5 heteroatoms. The Morgan fingerprint density at radius 3 is 1.65 bits per heavy atom. The van der Waals surface area contributed by atoms with Gasteiger partial charge in [-0.15, -0.1) is 0 Å². The van der Waals surface area contributed by atoms with Crippen molar-refractivity contribution in [3.8, 4) is 22.7 Å². The number of nitrogens with zero attached hydrogens (tertiary/aromatic N) is 5. The number of aryl methyl sites for hydroxylation is 2. The van der Waals surface area contributed by atoms with Crippen LogP contribution >= 0.6 is 0 Å². The third kappa shape index (κ3) is 4.85. The molecule has 6 aromatic carbocycles. The Kier molecular flexibility index (Phi) is 7.02. The minimum Gasteiger partial charge on any atom is -0.294 e. The molecule has 262 valence electrons. The van der Waals surface area contributed by atoms with E-state index in [1.165, 1.54) is 33.0 Å². The second kappa shape index (κ2) is 11.8. The number of rotatable bonds is 4. The Morgan fingerprint density at radius 2 is 1.02 bits per heavy atom. The normalized spacial score (nSPS) is 12.3. The van der Waals surface area contributed by atoms with Gasteiger partial charge in [-0.2, -0.15) is 9.13 Å². The fourth-order valence-electron chi connectivity index (χ4n) is 8.51. The number of fused-ring (bicyclic) bond motifs is 7. The van der Waals surface area contributed by atoms with E-state index < -0.39 is 0 Å². The summed E-state index contributed by atoms with van der Waals surface area (Å²) >= 11 is 0. The van der Waals surface area contributed by atoms with Crippen LogP contribution in [0, 0.1) is 20.8 Å². The first-order valence-electron chi connectivity index (χ1n) is 18.8. The van der Waals surface area contributed by atoms with E-state index >= 15 is 0 Å². The molecule has 10 rings (SSSR count). The first kappa shape index (κ1) is 32.2. The topological polar surface area (TPSA) is 31.6 Å². The molecule has 10 aromatic rings. The maximum absolute atomic E-state index is 5.62. The van der Waals surface area contributed by atoms with Gasteiger partial charge in [0.1, 0.15) is 22.7 Å². The minimum absolute atomic E-state index is 0.0932. The molecule has 0 spiro atoms. The van der Waals surface area contributed by atoms with Crippen molar-refractivity contribution in [3.63, 3.8) is 0 Å². The van der Waals surface area contributed by atoms with Gasteiger partial charge in [0.15, 0.2) is 11.0 Å². The van der Waals surface area contributed by atoms with Crippen LogP contribution in [0.2, 0.25) is 0 Å². The van der Waals surface area contributed by atoms with Crippen LogP contribution in [0.3, 0.4) is 0 Å². The van der Waals surface area contributed by atoms with Crippen molar-refractivity contribution in [2.45, 2.75) is 47.0 Å². The zero-order valence-electron chi connectivity index (χ0n) is 31.6. The van der Waals surface area contributed by atoms with Gasteiger partial charge in [0.2, 0.25) is 0 Å². The Morgan fingerprint density at radius 1 is 0.463 bits per heavy atom. The molecule has 0 aliphatic carbocycles. The summed E-state index contributed by atoms with van der Waals surface area (Å²) in [6, 6.07) is 53.1. The van der Waals surface area contributed by atoms with Gasteiger partial charge in [-0.1, -0.05) is 92.6 Å². The van der Waals surface area contributed by atoms with E-state index in [1.807, 2.05) is 0 Å². The van der Waals surface area contributed by atoms with Crippen molar-refractivity contribution in [2.75, 3.05) is 0 Å². The zero-order chi connectivity index (χ0) is 36.9. The highest BCUT2D eigenvalue weighted by Gasteiger charge is 2.26. The average molecular weight is 701 g/mol. The summed E-state index contributed by atoms with van der Waals surface area (Å²) in [5, 5.41) is 4.74. The summed E-state index contributed by atoms with van der Waals surface area (Å²) in [7, 11) is 0. The van der Waals surface area contributed by atoms with E-state index in [0.29, 0.717) is 0 Å². The molecule has 0 saturated heterocycles. The summed E-state index contributed by atoms with van der Waals surface area (Å²) in [5.41, 5.74) is 14.8. The van der Waals surface area contributed by atoms with Gasteiger partial charge in [0.05, 0.1) is 16.7 Å². The first-order valence-corrected chi connectivity index (χ1v) is 18.8. The molecule has 0 N–H and O–H groups in total. The second-order valence-electron chi connectivity index (χ2n) is 15.8. The van der Waals surface area contributed by atoms with Gasteiger partial charge in [0, 0.05) is 40.2 Å². The summed E-state index contributed by atoms with van der Waals surface area (Å²) in [4.78, 5) is 5.62. The lowest BCUT2D eigenvalue weighted by Gasteiger charge is -2.18. The molecule has 0 aliphatic heterocycles. The van der Waals surface area contributed by atoms with Gasteiger partial charge in [0.25, 0.3) is 5.82 Å². The first-order chi connectivity index (χ1) is 26.2. The smallest absolute Gasteiger partial charge is 0.264 e. The molecule has 0 radical (unpaired) electrons. The monoisotopic (exact) mass is 700 g/mol. The van der Waals surface area contributed by atoms with Crippen LogP contribution in [0.5, 0.6) is 0 Å². The van der Waals surface area contributed by atoms with Crippen molar-refractivity contribution in [1.82, 2.24) is 18.7 Å². The van der Waals surface area contributed by atoms with E-state index in [0.717, 1.165) is 67.2 Å². The Hall–Kier alpha value is -6.46. The standard InChI is InChI=1S/C49H42N5/c1-31-19-25-43-39(27-31)41-30-42-40-28-32(2)20-26-44(40)54(48(42)50-47(41)53(43)35-13-8-7-9-14-35)38-16-12-15-37(29-38)52-33(3)51(45-17-10-11-18-46(45)52)36-23-21-34(22-24-36)49(4,5)6/h7-30H,1-6H3/q+1. The molecule has 5 nitrogen and oxygen atoms in total. The van der Waals surface area contributed by atoms with Crippen LogP contribution < -0.4 is 4.57 Å². The fourth-order valence-corrected chi connectivity index (χ4v) is 8.51. The molecule has 0 amide bonds. The third-order valence-corrected chi connectivity index (χ3v) is 11.1. The number of imidazole rings is 1. The highest BCUT2D eigenvalue weighted by atomic mass is 15.2. The molecule has 0 saturated carbocycles. The largest absolute Gasteiger partial charge is 0.294 e. The molecule has 0 aliphatic rings. The van der Waals surface area contributed by atoms with Gasteiger partial charge in [-0.25, -0.2) is 4.98 Å². The lowest BCUT2D eigenvalue weighted by atomic mass is 9.87. The van der Waals surface area contributed by atoms with Crippen LogP contribution in [0.25, 0.3) is 77.7 Å². The molecule has 0 unspecified atom stereocenters. The SMILES string of the molecule is Cc1ccc2c(c1)c1cc3c4cc(C)ccc4n(-c4cccc(-n5c(C)[n+](-c6ccc(C(C)(C)C)cc6)c6ccccc65)c4)c3nc1n2-c1ccccc1. The molecule has 0 atom stereocenters. The van der Waals surface area contributed by atoms with E-state index in [-0.39, 0.29) is 5.41 Å². The predicted octanol–water partition coefficient (Wildman–Crippen LogP) is 11.7. The Labute approximate surface area is 315 Å². The van der Waals surface area contributed by atoms with Crippen molar-refractivity contribution in [3.05, 3.63) is 168 Å². The number of hydrogen-bond acceptors (Lipinski definition) is 1. The number of aromatic nitrogens is 5. The Bertz CT molecular complexity index is 3090. The number of hydrogen-bond donors (Lipinski definition) is 0. The lowest BCUT2D eigenvalue weighted by molar-refractivity contribution is -0.575. The number of pyridine rings is 1. The molecule has 4 heterocycles. The van der Waals surface area contributed by atoms with Crippen LogP contribution in [0.4, 0.5) is 0 Å². The lowest BCUT2D eigenvalue weighted by Crippen LogP contribution is -2.33. The van der Waals surface area contributed by atoms with Crippen molar-refractivity contribution in [2.24, 2.45) is 0 Å². The zero-order valence-corrected chi connectivity index (χ0v) is 31.6. The summed E-state index contributed by atoms with van der Waals surface area (Å²) < 4.78 is 9.43. The minimum atomic E-state index is 0.0932. The van der Waals surface area contributed by atoms with Crippen LogP contribution in [-0.2, 0) is 5.41 Å². The molecule has 54 heavy (non-hydrogen) atoms. The van der Waals surface area contributed by atoms with Crippen LogP contribution in [0.1, 0.15) is 43.3 Å². The maximum Gasteiger partial charge on any atom is 0.264 e. The summed E-state index contributed by atoms with van der Waals surface area (Å²) in [6.45, 7) is 13.3. The second-order valence-corrected chi connectivity index (χ2v) is 15.8.